The predicted octanol–water partition coefficient (Wildman–Crippen LogP) is 3.58. The Labute approximate surface area is 120 Å². The zero-order valence-electron chi connectivity index (χ0n) is 12.3. The first-order valence-electron chi connectivity index (χ1n) is 7.09. The van der Waals surface area contributed by atoms with Gasteiger partial charge in [-0.05, 0) is 26.2 Å². The van der Waals surface area contributed by atoms with Gasteiger partial charge in [-0.25, -0.2) is 0 Å². The van der Waals surface area contributed by atoms with Crippen LogP contribution in [0.25, 0.3) is 0 Å². The smallest absolute Gasteiger partial charge is 0.126 e. The van der Waals surface area contributed by atoms with E-state index in [0.717, 1.165) is 25.8 Å². The van der Waals surface area contributed by atoms with Crippen LogP contribution in [-0.2, 0) is 11.3 Å². The molecule has 1 heterocycles. The van der Waals surface area contributed by atoms with Crippen LogP contribution in [0.3, 0.4) is 0 Å². The molecule has 0 bridgehead atoms. The van der Waals surface area contributed by atoms with E-state index in [1.165, 1.54) is 0 Å². The normalized spacial score (nSPS) is 13.8. The highest BCUT2D eigenvalue weighted by molar-refractivity contribution is 6.31. The van der Waals surface area contributed by atoms with E-state index in [1.807, 2.05) is 20.8 Å². The number of hydrogen-bond acceptors (Lipinski definition) is 3. The molecule has 0 radical (unpaired) electrons. The lowest BCUT2D eigenvalue weighted by Crippen LogP contribution is -2.39. The fourth-order valence-electron chi connectivity index (χ4n) is 2.49. The lowest BCUT2D eigenvalue weighted by molar-refractivity contribution is -0.130. The molecule has 19 heavy (non-hydrogen) atoms. The molecule has 0 saturated carbocycles. The van der Waals surface area contributed by atoms with Gasteiger partial charge >= 0.3 is 0 Å². The lowest BCUT2D eigenvalue weighted by Gasteiger charge is -2.36. The van der Waals surface area contributed by atoms with E-state index in [-0.39, 0.29) is 0 Å². The van der Waals surface area contributed by atoms with Gasteiger partial charge in [0, 0.05) is 13.2 Å². The van der Waals surface area contributed by atoms with Gasteiger partial charge in [-0.15, -0.1) is 0 Å². The molecule has 0 spiro atoms. The van der Waals surface area contributed by atoms with E-state index in [0.29, 0.717) is 17.3 Å². The number of hydrogen-bond donors (Lipinski definition) is 1. The molecule has 0 amide bonds. The summed E-state index contributed by atoms with van der Waals surface area (Å²) in [6.07, 6.45) is 3.23. The maximum Gasteiger partial charge on any atom is 0.126 e. The predicted molar refractivity (Wildman–Crippen MR) is 77.4 cm³/mol. The second-order valence-electron chi connectivity index (χ2n) is 4.71. The van der Waals surface area contributed by atoms with Crippen LogP contribution in [0.5, 0.6) is 0 Å². The monoisotopic (exact) mass is 288 g/mol. The van der Waals surface area contributed by atoms with Crippen molar-refractivity contribution >= 4 is 11.6 Å². The quantitative estimate of drug-likeness (QED) is 0.795. The maximum absolute atomic E-state index is 10.8. The number of aryl methyl sites for hydroxylation is 1. The summed E-state index contributed by atoms with van der Waals surface area (Å²) < 4.78 is 7.64. The summed E-state index contributed by atoms with van der Waals surface area (Å²) in [7, 11) is 0. The number of aromatic nitrogens is 2. The van der Waals surface area contributed by atoms with Crippen LogP contribution < -0.4 is 0 Å². The van der Waals surface area contributed by atoms with Crippen LogP contribution in [-0.4, -0.2) is 27.1 Å². The molecule has 0 aromatic carbocycles. The van der Waals surface area contributed by atoms with Crippen molar-refractivity contribution in [1.29, 1.82) is 0 Å². The van der Waals surface area contributed by atoms with Crippen molar-refractivity contribution < 1.29 is 9.84 Å². The molecule has 4 nitrogen and oxygen atoms in total. The summed E-state index contributed by atoms with van der Waals surface area (Å²) in [6.45, 7) is 9.37. The van der Waals surface area contributed by atoms with Gasteiger partial charge in [0.1, 0.15) is 6.10 Å². The molecule has 1 aromatic heterocycles. The van der Waals surface area contributed by atoms with Crippen LogP contribution in [0.15, 0.2) is 6.20 Å². The average molecular weight is 289 g/mol. The Bertz CT molecular complexity index is 389. The summed E-state index contributed by atoms with van der Waals surface area (Å²) in [5.74, 6) is 0. The van der Waals surface area contributed by atoms with Crippen molar-refractivity contribution in [3.63, 3.8) is 0 Å². The van der Waals surface area contributed by atoms with E-state index in [1.54, 1.807) is 10.9 Å². The van der Waals surface area contributed by atoms with Gasteiger partial charge in [-0.2, -0.15) is 5.10 Å². The molecule has 1 N–H and O–H groups in total. The minimum Gasteiger partial charge on any atom is -0.384 e. The highest BCUT2D eigenvalue weighted by atomic mass is 35.5. The van der Waals surface area contributed by atoms with Crippen molar-refractivity contribution in [2.24, 2.45) is 0 Å². The largest absolute Gasteiger partial charge is 0.384 e. The molecule has 0 aliphatic rings. The number of nitrogens with zero attached hydrogens (tertiary/aromatic N) is 2. The third-order valence-electron chi connectivity index (χ3n) is 3.65. The third kappa shape index (κ3) is 3.30. The van der Waals surface area contributed by atoms with Crippen molar-refractivity contribution in [2.75, 3.05) is 6.61 Å². The van der Waals surface area contributed by atoms with Gasteiger partial charge in [-0.3, -0.25) is 4.68 Å². The lowest BCUT2D eigenvalue weighted by atomic mass is 9.88. The minimum atomic E-state index is -0.760. The van der Waals surface area contributed by atoms with Gasteiger partial charge in [0.05, 0.1) is 22.5 Å². The van der Waals surface area contributed by atoms with E-state index in [2.05, 4.69) is 12.0 Å². The Balaban J connectivity index is 3.15. The summed E-state index contributed by atoms with van der Waals surface area (Å²) in [6, 6.07) is 0. The van der Waals surface area contributed by atoms with E-state index in [9.17, 15) is 5.11 Å². The number of halogens is 1. The highest BCUT2D eigenvalue weighted by Gasteiger charge is 2.39. The molecule has 1 unspecified atom stereocenters. The molecule has 1 aromatic rings. The zero-order valence-corrected chi connectivity index (χ0v) is 13.1. The van der Waals surface area contributed by atoms with Crippen molar-refractivity contribution in [1.82, 2.24) is 9.78 Å². The number of aliphatic hydroxyl groups is 1. The molecule has 5 heteroatoms. The van der Waals surface area contributed by atoms with Gasteiger partial charge in [-0.1, -0.05) is 32.4 Å². The molecular weight excluding hydrogens is 264 g/mol. The van der Waals surface area contributed by atoms with E-state index >= 15 is 0 Å². The molecule has 0 aliphatic heterocycles. The Kier molecular flexibility index (Phi) is 6.30. The van der Waals surface area contributed by atoms with Crippen LogP contribution in [0.2, 0.25) is 5.02 Å². The number of ether oxygens (including phenoxy) is 1. The standard InChI is InChI=1S/C14H25ClN2O2/c1-5-9-17-12(11(15)10-16-17)13(18)14(6-2,7-3)19-8-4/h10,13,18H,5-9H2,1-4H3. The van der Waals surface area contributed by atoms with Crippen molar-refractivity contribution in [2.45, 2.75) is 65.2 Å². The van der Waals surface area contributed by atoms with Gasteiger partial charge in [0.15, 0.2) is 0 Å². The van der Waals surface area contributed by atoms with E-state index < -0.39 is 11.7 Å². The Morgan fingerprint density at radius 3 is 2.47 bits per heavy atom. The van der Waals surface area contributed by atoms with Crippen LogP contribution in [0.1, 0.15) is 58.8 Å². The minimum absolute atomic E-state index is 0.506. The van der Waals surface area contributed by atoms with Crippen LogP contribution in [0, 0.1) is 0 Å². The first-order valence-corrected chi connectivity index (χ1v) is 7.47. The van der Waals surface area contributed by atoms with Gasteiger partial charge in [0.2, 0.25) is 0 Å². The summed E-state index contributed by atoms with van der Waals surface area (Å²) in [4.78, 5) is 0. The van der Waals surface area contributed by atoms with Crippen LogP contribution >= 0.6 is 11.6 Å². The van der Waals surface area contributed by atoms with Gasteiger partial charge in [0.25, 0.3) is 0 Å². The second kappa shape index (κ2) is 7.27. The maximum atomic E-state index is 10.8. The molecule has 0 aliphatic carbocycles. The molecular formula is C14H25ClN2O2. The zero-order chi connectivity index (χ0) is 14.5. The fourth-order valence-corrected chi connectivity index (χ4v) is 2.73. The molecule has 0 fully saturated rings. The second-order valence-corrected chi connectivity index (χ2v) is 5.12. The first kappa shape index (κ1) is 16.5. The Morgan fingerprint density at radius 1 is 1.37 bits per heavy atom. The SMILES string of the molecule is CCCn1ncc(Cl)c1C(O)C(CC)(CC)OCC. The summed E-state index contributed by atoms with van der Waals surface area (Å²) in [5, 5.41) is 15.5. The number of rotatable bonds is 8. The average Bonchev–Trinajstić information content (AvgIpc) is 2.77. The summed E-state index contributed by atoms with van der Waals surface area (Å²) in [5.41, 5.74) is 0.0739. The van der Waals surface area contributed by atoms with Crippen molar-refractivity contribution in [3.05, 3.63) is 16.9 Å². The van der Waals surface area contributed by atoms with E-state index in [4.69, 9.17) is 16.3 Å². The Morgan fingerprint density at radius 2 is 2.00 bits per heavy atom. The molecule has 0 saturated heterocycles. The third-order valence-corrected chi connectivity index (χ3v) is 3.95. The molecule has 1 atom stereocenters. The molecule has 1 rings (SSSR count). The number of aliphatic hydroxyl groups excluding tert-OH is 1. The highest BCUT2D eigenvalue weighted by Crippen LogP contribution is 2.38. The van der Waals surface area contributed by atoms with Crippen molar-refractivity contribution in [3.8, 4) is 0 Å². The fraction of sp³-hybridized carbons (Fsp3) is 0.786. The Hall–Kier alpha value is -0.580. The molecule has 110 valence electrons. The van der Waals surface area contributed by atoms with Crippen LogP contribution in [0.4, 0.5) is 0 Å². The summed E-state index contributed by atoms with van der Waals surface area (Å²) >= 11 is 6.20. The van der Waals surface area contributed by atoms with Gasteiger partial charge < -0.3 is 9.84 Å². The first-order chi connectivity index (χ1) is 9.06. The topological polar surface area (TPSA) is 47.3 Å².